The highest BCUT2D eigenvalue weighted by atomic mass is 16.7. The van der Waals surface area contributed by atoms with Gasteiger partial charge in [-0.1, -0.05) is 5.16 Å². The summed E-state index contributed by atoms with van der Waals surface area (Å²) in [5, 5.41) is 5.40. The zero-order chi connectivity index (χ0) is 11.4. The Morgan fingerprint density at radius 1 is 1.12 bits per heavy atom. The molecule has 0 unspecified atom stereocenters. The Balaban J connectivity index is 2.13. The number of pyridine rings is 1. The number of ether oxygens (including phenoxy) is 2. The van der Waals surface area contributed by atoms with Gasteiger partial charge in [-0.25, -0.2) is 4.98 Å². The minimum Gasteiger partial charge on any atom is -0.454 e. The molecule has 84 valence electrons. The average molecular weight is 229 g/mol. The molecule has 0 saturated carbocycles. The van der Waals surface area contributed by atoms with Gasteiger partial charge in [0.1, 0.15) is 0 Å². The van der Waals surface area contributed by atoms with Gasteiger partial charge in [0.15, 0.2) is 11.5 Å². The van der Waals surface area contributed by atoms with Gasteiger partial charge in [-0.15, -0.1) is 0 Å². The van der Waals surface area contributed by atoms with Crippen LogP contribution >= 0.6 is 0 Å². The molecule has 0 amide bonds. The van der Waals surface area contributed by atoms with E-state index in [0.29, 0.717) is 22.5 Å². The van der Waals surface area contributed by atoms with Crippen molar-refractivity contribution in [3.63, 3.8) is 0 Å². The predicted octanol–water partition coefficient (Wildman–Crippen LogP) is 1.69. The second-order valence-electron chi connectivity index (χ2n) is 3.80. The number of anilines is 1. The molecule has 0 atom stereocenters. The summed E-state index contributed by atoms with van der Waals surface area (Å²) in [7, 11) is 0. The Morgan fingerprint density at radius 3 is 2.82 bits per heavy atom. The first-order chi connectivity index (χ1) is 8.31. The lowest BCUT2D eigenvalue weighted by molar-refractivity contribution is 0.174. The van der Waals surface area contributed by atoms with E-state index in [4.69, 9.17) is 19.7 Å². The number of fused-ring (bicyclic) bond motifs is 3. The van der Waals surface area contributed by atoms with E-state index in [1.165, 1.54) is 0 Å². The van der Waals surface area contributed by atoms with Crippen LogP contribution in [0.3, 0.4) is 0 Å². The molecule has 1 aromatic carbocycles. The molecule has 0 radical (unpaired) electrons. The van der Waals surface area contributed by atoms with E-state index in [1.54, 1.807) is 0 Å². The highest BCUT2D eigenvalue weighted by Crippen LogP contribution is 2.36. The average Bonchev–Trinajstić information content (AvgIpc) is 2.91. The molecule has 17 heavy (non-hydrogen) atoms. The molecule has 0 bridgehead atoms. The van der Waals surface area contributed by atoms with Gasteiger partial charge in [-0.2, -0.15) is 0 Å². The fourth-order valence-corrected chi connectivity index (χ4v) is 1.95. The van der Waals surface area contributed by atoms with Gasteiger partial charge in [0.25, 0.3) is 0 Å². The lowest BCUT2D eigenvalue weighted by atomic mass is 10.1. The van der Waals surface area contributed by atoms with E-state index in [-0.39, 0.29) is 12.7 Å². The van der Waals surface area contributed by atoms with Crippen LogP contribution in [0.15, 0.2) is 22.7 Å². The van der Waals surface area contributed by atoms with Crippen LogP contribution in [0.2, 0.25) is 0 Å². The van der Waals surface area contributed by atoms with Crippen molar-refractivity contribution in [2.24, 2.45) is 0 Å². The molecule has 0 spiro atoms. The Bertz CT molecular complexity index is 750. The maximum atomic E-state index is 5.65. The van der Waals surface area contributed by atoms with Crippen LogP contribution in [0, 0.1) is 0 Å². The van der Waals surface area contributed by atoms with Crippen molar-refractivity contribution in [2.45, 2.75) is 0 Å². The minimum absolute atomic E-state index is 0.243. The van der Waals surface area contributed by atoms with Crippen molar-refractivity contribution in [3.05, 3.63) is 18.2 Å². The molecule has 0 fully saturated rings. The maximum absolute atomic E-state index is 5.65. The molecule has 1 aliphatic rings. The molecular weight excluding hydrogens is 222 g/mol. The molecule has 0 aliphatic carbocycles. The Labute approximate surface area is 94.9 Å². The molecule has 3 aromatic rings. The van der Waals surface area contributed by atoms with Crippen molar-refractivity contribution < 1.29 is 14.0 Å². The van der Waals surface area contributed by atoms with Crippen molar-refractivity contribution in [1.29, 1.82) is 0 Å². The topological polar surface area (TPSA) is 83.4 Å². The maximum Gasteiger partial charge on any atom is 0.231 e. The van der Waals surface area contributed by atoms with Crippen LogP contribution < -0.4 is 15.2 Å². The molecule has 4 rings (SSSR count). The fraction of sp³-hybridized carbons (Fsp3) is 0.0909. The zero-order valence-electron chi connectivity index (χ0n) is 8.64. The lowest BCUT2D eigenvalue weighted by Crippen LogP contribution is -1.92. The minimum atomic E-state index is 0.243. The van der Waals surface area contributed by atoms with E-state index in [0.717, 1.165) is 10.9 Å². The smallest absolute Gasteiger partial charge is 0.231 e. The predicted molar refractivity (Wildman–Crippen MR) is 59.8 cm³/mol. The number of rotatable bonds is 0. The number of nitrogens with zero attached hydrogens (tertiary/aromatic N) is 2. The van der Waals surface area contributed by atoms with E-state index in [9.17, 15) is 0 Å². The van der Waals surface area contributed by atoms with Crippen LogP contribution in [0.25, 0.3) is 21.9 Å². The largest absolute Gasteiger partial charge is 0.454 e. The number of nitrogens with two attached hydrogens (primary N) is 1. The SMILES string of the molecule is Nc1onc2nc3cc4c(cc3cc12)OCO4. The third kappa shape index (κ3) is 1.09. The van der Waals surface area contributed by atoms with Gasteiger partial charge in [-0.3, -0.25) is 0 Å². The molecule has 1 aliphatic heterocycles. The normalized spacial score (nSPS) is 13.6. The van der Waals surface area contributed by atoms with Crippen molar-refractivity contribution in [3.8, 4) is 11.5 Å². The van der Waals surface area contributed by atoms with Crippen LogP contribution in [-0.2, 0) is 0 Å². The first-order valence-electron chi connectivity index (χ1n) is 5.06. The van der Waals surface area contributed by atoms with Gasteiger partial charge in [0.05, 0.1) is 10.9 Å². The monoisotopic (exact) mass is 229 g/mol. The Hall–Kier alpha value is -2.50. The summed E-state index contributed by atoms with van der Waals surface area (Å²) >= 11 is 0. The summed E-state index contributed by atoms with van der Waals surface area (Å²) in [4.78, 5) is 4.36. The summed E-state index contributed by atoms with van der Waals surface area (Å²) in [6.45, 7) is 0.243. The summed E-state index contributed by atoms with van der Waals surface area (Å²) < 4.78 is 15.5. The molecule has 2 N–H and O–H groups in total. The van der Waals surface area contributed by atoms with Gasteiger partial charge in [0.2, 0.25) is 18.3 Å². The molecule has 0 saturated heterocycles. The van der Waals surface area contributed by atoms with Gasteiger partial charge in [-0.05, 0) is 12.1 Å². The van der Waals surface area contributed by atoms with Crippen LogP contribution in [0.1, 0.15) is 0 Å². The molecule has 6 heteroatoms. The number of hydrogen-bond acceptors (Lipinski definition) is 6. The third-order valence-electron chi connectivity index (χ3n) is 2.78. The summed E-state index contributed by atoms with van der Waals surface area (Å²) in [5.41, 5.74) is 6.92. The van der Waals surface area contributed by atoms with E-state index in [2.05, 4.69) is 10.1 Å². The summed E-state index contributed by atoms with van der Waals surface area (Å²) in [6, 6.07) is 5.57. The molecular formula is C11H7N3O3. The lowest BCUT2D eigenvalue weighted by Gasteiger charge is -1.99. The molecule has 6 nitrogen and oxygen atoms in total. The summed E-state index contributed by atoms with van der Waals surface area (Å²) in [5.74, 6) is 1.68. The van der Waals surface area contributed by atoms with Crippen LogP contribution in [0.5, 0.6) is 11.5 Å². The van der Waals surface area contributed by atoms with Crippen molar-refractivity contribution in [2.75, 3.05) is 12.5 Å². The Morgan fingerprint density at radius 2 is 1.94 bits per heavy atom. The number of aromatic nitrogens is 2. The Kier molecular flexibility index (Phi) is 1.42. The van der Waals surface area contributed by atoms with E-state index < -0.39 is 0 Å². The first kappa shape index (κ1) is 8.63. The second kappa shape index (κ2) is 2.79. The van der Waals surface area contributed by atoms with Gasteiger partial charge >= 0.3 is 0 Å². The van der Waals surface area contributed by atoms with Crippen molar-refractivity contribution in [1.82, 2.24) is 10.1 Å². The highest BCUT2D eigenvalue weighted by Gasteiger charge is 2.16. The number of nitrogen functional groups attached to an aromatic ring is 1. The van der Waals surface area contributed by atoms with Crippen molar-refractivity contribution >= 4 is 27.8 Å². The molecule has 3 heterocycles. The fourth-order valence-electron chi connectivity index (χ4n) is 1.95. The van der Waals surface area contributed by atoms with Crippen LogP contribution in [0.4, 0.5) is 5.88 Å². The second-order valence-corrected chi connectivity index (χ2v) is 3.80. The van der Waals surface area contributed by atoms with E-state index in [1.807, 2.05) is 18.2 Å². The number of benzene rings is 1. The van der Waals surface area contributed by atoms with E-state index >= 15 is 0 Å². The van der Waals surface area contributed by atoms with Crippen LogP contribution in [-0.4, -0.2) is 16.9 Å². The zero-order valence-corrected chi connectivity index (χ0v) is 8.64. The first-order valence-corrected chi connectivity index (χ1v) is 5.06. The molecule has 2 aromatic heterocycles. The summed E-state index contributed by atoms with van der Waals surface area (Å²) in [6.07, 6.45) is 0. The highest BCUT2D eigenvalue weighted by molar-refractivity contribution is 5.96. The quantitative estimate of drug-likeness (QED) is 0.631. The van der Waals surface area contributed by atoms with Gasteiger partial charge in [0, 0.05) is 11.5 Å². The number of hydrogen-bond donors (Lipinski definition) is 1. The standard InChI is InChI=1S/C11H7N3O3/c12-10-6-1-5-2-8-9(16-4-15-8)3-7(5)13-11(6)14-17-10/h1-3H,4,12H2. The third-order valence-corrected chi connectivity index (χ3v) is 2.78. The van der Waals surface area contributed by atoms with Gasteiger partial charge < -0.3 is 19.7 Å².